The maximum Gasteiger partial charge on any atom is 0.248 e. The van der Waals surface area contributed by atoms with Crippen molar-refractivity contribution in [1.29, 1.82) is 0 Å². The molecule has 0 bridgehead atoms. The van der Waals surface area contributed by atoms with E-state index in [9.17, 15) is 4.79 Å². The van der Waals surface area contributed by atoms with Crippen molar-refractivity contribution in [3.05, 3.63) is 62.7 Å². The van der Waals surface area contributed by atoms with E-state index in [1.165, 1.54) is 9.13 Å². The molecule has 1 amide bonds. The summed E-state index contributed by atoms with van der Waals surface area (Å²) in [5.74, 6) is -0.398. The number of carbonyl (C=O) groups is 1. The number of rotatable bonds is 4. The first-order chi connectivity index (χ1) is 9.47. The standard InChI is InChI=1S/C16H17IN2O/c1-10-9-13(16(18)20)5-8-15(10)19-11(2)12-3-6-14(17)7-4-12/h3-9,11,19H,1-2H3,(H2,18,20). The normalized spacial score (nSPS) is 11.9. The molecule has 3 N–H and O–H groups in total. The molecule has 0 saturated heterocycles. The second-order valence-corrected chi connectivity index (χ2v) is 6.06. The van der Waals surface area contributed by atoms with Crippen LogP contribution in [0, 0.1) is 10.5 Å². The lowest BCUT2D eigenvalue weighted by Gasteiger charge is -2.18. The molecule has 4 heteroatoms. The van der Waals surface area contributed by atoms with Crippen LogP contribution >= 0.6 is 22.6 Å². The van der Waals surface area contributed by atoms with Crippen molar-refractivity contribution in [2.75, 3.05) is 5.32 Å². The zero-order chi connectivity index (χ0) is 14.7. The Morgan fingerprint density at radius 3 is 2.40 bits per heavy atom. The highest BCUT2D eigenvalue weighted by atomic mass is 127. The van der Waals surface area contributed by atoms with Crippen LogP contribution in [0.1, 0.15) is 34.5 Å². The quantitative estimate of drug-likeness (QED) is 0.792. The van der Waals surface area contributed by atoms with Gasteiger partial charge in [0, 0.05) is 20.9 Å². The third-order valence-corrected chi connectivity index (χ3v) is 3.97. The fraction of sp³-hybridized carbons (Fsp3) is 0.188. The first-order valence-electron chi connectivity index (χ1n) is 6.40. The number of nitrogens with one attached hydrogen (secondary N) is 1. The summed E-state index contributed by atoms with van der Waals surface area (Å²) < 4.78 is 1.22. The van der Waals surface area contributed by atoms with Gasteiger partial charge in [-0.1, -0.05) is 12.1 Å². The Morgan fingerprint density at radius 1 is 1.20 bits per heavy atom. The molecule has 0 saturated carbocycles. The molecule has 0 aliphatic carbocycles. The molecular formula is C16H17IN2O. The highest BCUT2D eigenvalue weighted by Gasteiger charge is 2.08. The highest BCUT2D eigenvalue weighted by molar-refractivity contribution is 14.1. The number of aryl methyl sites for hydroxylation is 1. The molecule has 0 radical (unpaired) electrons. The summed E-state index contributed by atoms with van der Waals surface area (Å²) in [4.78, 5) is 11.1. The number of hydrogen-bond donors (Lipinski definition) is 2. The van der Waals surface area contributed by atoms with Gasteiger partial charge in [-0.15, -0.1) is 0 Å². The van der Waals surface area contributed by atoms with Crippen molar-refractivity contribution in [3.63, 3.8) is 0 Å². The van der Waals surface area contributed by atoms with Crippen molar-refractivity contribution < 1.29 is 4.79 Å². The zero-order valence-electron chi connectivity index (χ0n) is 11.5. The van der Waals surface area contributed by atoms with Gasteiger partial charge in [0.1, 0.15) is 0 Å². The maximum absolute atomic E-state index is 11.1. The van der Waals surface area contributed by atoms with Crippen molar-refractivity contribution in [2.24, 2.45) is 5.73 Å². The number of benzene rings is 2. The van der Waals surface area contributed by atoms with Gasteiger partial charge in [0.05, 0.1) is 0 Å². The van der Waals surface area contributed by atoms with E-state index in [4.69, 9.17) is 5.73 Å². The number of carbonyl (C=O) groups excluding carboxylic acids is 1. The van der Waals surface area contributed by atoms with Crippen molar-refractivity contribution in [3.8, 4) is 0 Å². The van der Waals surface area contributed by atoms with E-state index in [2.05, 4.69) is 59.1 Å². The van der Waals surface area contributed by atoms with Crippen LogP contribution in [0.5, 0.6) is 0 Å². The van der Waals surface area contributed by atoms with Gasteiger partial charge >= 0.3 is 0 Å². The minimum atomic E-state index is -0.398. The predicted octanol–water partition coefficient (Wildman–Crippen LogP) is 3.87. The Labute approximate surface area is 132 Å². The topological polar surface area (TPSA) is 55.1 Å². The molecule has 0 fully saturated rings. The van der Waals surface area contributed by atoms with E-state index in [1.807, 2.05) is 19.1 Å². The average Bonchev–Trinajstić information content (AvgIpc) is 2.41. The number of amides is 1. The van der Waals surface area contributed by atoms with E-state index >= 15 is 0 Å². The predicted molar refractivity (Wildman–Crippen MR) is 90.9 cm³/mol. The Bertz CT molecular complexity index is 623. The molecule has 0 spiro atoms. The van der Waals surface area contributed by atoms with Crippen molar-refractivity contribution in [1.82, 2.24) is 0 Å². The molecular weight excluding hydrogens is 363 g/mol. The van der Waals surface area contributed by atoms with Gasteiger partial charge in [-0.3, -0.25) is 4.79 Å². The molecule has 2 rings (SSSR count). The fourth-order valence-corrected chi connectivity index (χ4v) is 2.41. The lowest BCUT2D eigenvalue weighted by Crippen LogP contribution is -2.12. The third kappa shape index (κ3) is 3.50. The van der Waals surface area contributed by atoms with Gasteiger partial charge in [0.15, 0.2) is 0 Å². The minimum absolute atomic E-state index is 0.199. The second kappa shape index (κ2) is 6.26. The number of primary amides is 1. The second-order valence-electron chi connectivity index (χ2n) is 4.81. The van der Waals surface area contributed by atoms with Gasteiger partial charge in [-0.2, -0.15) is 0 Å². The molecule has 1 unspecified atom stereocenters. The molecule has 0 aromatic heterocycles. The summed E-state index contributed by atoms with van der Waals surface area (Å²) in [6, 6.07) is 14.1. The number of hydrogen-bond acceptors (Lipinski definition) is 2. The number of nitrogens with two attached hydrogens (primary N) is 1. The van der Waals surface area contributed by atoms with Crippen LogP contribution in [0.2, 0.25) is 0 Å². The van der Waals surface area contributed by atoms with Crippen LogP contribution in [-0.4, -0.2) is 5.91 Å². The Morgan fingerprint density at radius 2 is 1.85 bits per heavy atom. The molecule has 2 aromatic rings. The minimum Gasteiger partial charge on any atom is -0.378 e. The van der Waals surface area contributed by atoms with Crippen LogP contribution in [-0.2, 0) is 0 Å². The Hall–Kier alpha value is -1.56. The summed E-state index contributed by atoms with van der Waals surface area (Å²) in [5, 5.41) is 3.46. The van der Waals surface area contributed by atoms with Crippen LogP contribution in [0.25, 0.3) is 0 Å². The molecule has 20 heavy (non-hydrogen) atoms. The number of halogens is 1. The van der Waals surface area contributed by atoms with E-state index in [1.54, 1.807) is 6.07 Å². The summed E-state index contributed by atoms with van der Waals surface area (Å²) >= 11 is 2.29. The Kier molecular flexibility index (Phi) is 4.65. The average molecular weight is 380 g/mol. The van der Waals surface area contributed by atoms with Gasteiger partial charge < -0.3 is 11.1 Å². The summed E-state index contributed by atoms with van der Waals surface area (Å²) in [6.45, 7) is 4.08. The SMILES string of the molecule is Cc1cc(C(N)=O)ccc1NC(C)c1ccc(I)cc1. The van der Waals surface area contributed by atoms with Crippen molar-refractivity contribution in [2.45, 2.75) is 19.9 Å². The third-order valence-electron chi connectivity index (χ3n) is 3.25. The van der Waals surface area contributed by atoms with Gasteiger partial charge in [-0.05, 0) is 77.9 Å². The van der Waals surface area contributed by atoms with E-state index in [0.29, 0.717) is 5.56 Å². The molecule has 1 atom stereocenters. The first kappa shape index (κ1) is 14.8. The van der Waals surface area contributed by atoms with E-state index in [-0.39, 0.29) is 6.04 Å². The molecule has 0 heterocycles. The molecule has 104 valence electrons. The van der Waals surface area contributed by atoms with Gasteiger partial charge in [0.2, 0.25) is 5.91 Å². The molecule has 2 aromatic carbocycles. The summed E-state index contributed by atoms with van der Waals surface area (Å²) in [5.41, 5.74) is 9.07. The van der Waals surface area contributed by atoms with Crippen LogP contribution in [0.15, 0.2) is 42.5 Å². The largest absolute Gasteiger partial charge is 0.378 e. The fourth-order valence-electron chi connectivity index (χ4n) is 2.05. The monoisotopic (exact) mass is 380 g/mol. The summed E-state index contributed by atoms with van der Waals surface area (Å²) in [6.07, 6.45) is 0. The molecule has 3 nitrogen and oxygen atoms in total. The lowest BCUT2D eigenvalue weighted by molar-refractivity contribution is 0.1000. The Balaban J connectivity index is 2.17. The van der Waals surface area contributed by atoms with Crippen LogP contribution < -0.4 is 11.1 Å². The van der Waals surface area contributed by atoms with E-state index < -0.39 is 5.91 Å². The smallest absolute Gasteiger partial charge is 0.248 e. The van der Waals surface area contributed by atoms with Crippen molar-refractivity contribution >= 4 is 34.2 Å². The summed E-state index contributed by atoms with van der Waals surface area (Å²) in [7, 11) is 0. The zero-order valence-corrected chi connectivity index (χ0v) is 13.6. The van der Waals surface area contributed by atoms with Crippen LogP contribution in [0.3, 0.4) is 0 Å². The van der Waals surface area contributed by atoms with Gasteiger partial charge in [0.25, 0.3) is 0 Å². The maximum atomic E-state index is 11.1. The molecule has 0 aliphatic rings. The van der Waals surface area contributed by atoms with Crippen LogP contribution in [0.4, 0.5) is 5.69 Å². The van der Waals surface area contributed by atoms with Gasteiger partial charge in [-0.25, -0.2) is 0 Å². The van der Waals surface area contributed by atoms with E-state index in [0.717, 1.165) is 11.3 Å². The highest BCUT2D eigenvalue weighted by Crippen LogP contribution is 2.23. The lowest BCUT2D eigenvalue weighted by atomic mass is 10.1. The first-order valence-corrected chi connectivity index (χ1v) is 7.47. The molecule has 0 aliphatic heterocycles. The number of anilines is 1.